The van der Waals surface area contributed by atoms with Crippen molar-refractivity contribution in [3.05, 3.63) is 89.5 Å². The Hall–Kier alpha value is -5.81. The Balaban J connectivity index is 1.05. The summed E-state index contributed by atoms with van der Waals surface area (Å²) in [5, 5.41) is 32.1. The van der Waals surface area contributed by atoms with Crippen LogP contribution in [0.1, 0.15) is 67.5 Å². The molecule has 2 fully saturated rings. The van der Waals surface area contributed by atoms with Crippen molar-refractivity contribution < 1.29 is 38.0 Å². The summed E-state index contributed by atoms with van der Waals surface area (Å²) in [6, 6.07) is 17.6. The van der Waals surface area contributed by atoms with E-state index in [1.54, 1.807) is 26.5 Å². The van der Waals surface area contributed by atoms with Crippen LogP contribution in [0.4, 0.5) is 20.3 Å². The zero-order chi connectivity index (χ0) is 43.5. The van der Waals surface area contributed by atoms with Crippen LogP contribution in [0.3, 0.4) is 0 Å². The molecule has 1 aliphatic heterocycles. The fourth-order valence-electron chi connectivity index (χ4n) is 8.95. The summed E-state index contributed by atoms with van der Waals surface area (Å²) in [5.41, 5.74) is 7.30. The van der Waals surface area contributed by atoms with Gasteiger partial charge < -0.3 is 35.1 Å². The Morgan fingerprint density at radius 2 is 1.74 bits per heavy atom. The number of nitrogens with zero attached hydrogens (tertiary/aromatic N) is 6. The number of ether oxygens (including phenoxy) is 3. The largest absolute Gasteiger partial charge is 0.496 e. The number of hydrogen-bond donors (Lipinski definition) is 4. The third-order valence-corrected chi connectivity index (χ3v) is 12.3. The first-order chi connectivity index (χ1) is 30.0. The van der Waals surface area contributed by atoms with Crippen molar-refractivity contribution in [3.8, 4) is 28.3 Å². The van der Waals surface area contributed by atoms with E-state index in [0.717, 1.165) is 70.1 Å². The van der Waals surface area contributed by atoms with Gasteiger partial charge in [-0.3, -0.25) is 14.7 Å². The highest BCUT2D eigenvalue weighted by Crippen LogP contribution is 2.38. The van der Waals surface area contributed by atoms with Gasteiger partial charge in [0.25, 0.3) is 6.43 Å². The first-order valence-corrected chi connectivity index (χ1v) is 21.0. The number of halogens is 2. The summed E-state index contributed by atoms with van der Waals surface area (Å²) in [7, 11) is 5.25. The predicted molar refractivity (Wildman–Crippen MR) is 231 cm³/mol. The van der Waals surface area contributed by atoms with E-state index in [1.165, 1.54) is 0 Å². The molecule has 16 heteroatoms. The molecular formula is C46H52F2N8O6. The maximum atomic E-state index is 14.3. The lowest BCUT2D eigenvalue weighted by Gasteiger charge is -2.34. The van der Waals surface area contributed by atoms with Gasteiger partial charge in [-0.15, -0.1) is 0 Å². The quantitative estimate of drug-likeness (QED) is 0.0793. The molecule has 0 amide bonds. The van der Waals surface area contributed by atoms with Crippen LogP contribution in [-0.2, 0) is 22.6 Å². The lowest BCUT2D eigenvalue weighted by Crippen LogP contribution is -2.46. The number of rotatable bonds is 15. The minimum absolute atomic E-state index is 0.113. The van der Waals surface area contributed by atoms with Crippen LogP contribution in [-0.4, -0.2) is 98.5 Å². The molecule has 3 aromatic heterocycles. The number of fused-ring (bicyclic) bond motifs is 2. The second kappa shape index (κ2) is 18.7. The normalized spacial score (nSPS) is 19.4. The van der Waals surface area contributed by atoms with Crippen LogP contribution in [0, 0.1) is 12.8 Å². The Labute approximate surface area is 358 Å². The summed E-state index contributed by atoms with van der Waals surface area (Å²) in [5.74, 6) is 0.256. The Bertz CT molecular complexity index is 2540. The van der Waals surface area contributed by atoms with E-state index < -0.39 is 24.3 Å². The maximum absolute atomic E-state index is 14.3. The average Bonchev–Trinajstić information content (AvgIpc) is 3.71. The molecule has 3 aromatic carbocycles. The van der Waals surface area contributed by atoms with Crippen molar-refractivity contribution >= 4 is 39.4 Å². The molecular weight excluding hydrogens is 799 g/mol. The molecule has 326 valence electrons. The monoisotopic (exact) mass is 850 g/mol. The van der Waals surface area contributed by atoms with Crippen LogP contribution >= 0.6 is 0 Å². The van der Waals surface area contributed by atoms with Gasteiger partial charge in [-0.25, -0.2) is 23.4 Å². The van der Waals surface area contributed by atoms with Gasteiger partial charge in [-0.05, 0) is 92.4 Å². The van der Waals surface area contributed by atoms with Crippen LogP contribution in [0.15, 0.2) is 67.0 Å². The molecule has 0 bridgehead atoms. The van der Waals surface area contributed by atoms with Crippen LogP contribution in [0.25, 0.3) is 38.8 Å². The van der Waals surface area contributed by atoms with Crippen molar-refractivity contribution in [3.63, 3.8) is 0 Å². The highest BCUT2D eigenvalue weighted by atomic mass is 19.3. The third-order valence-electron chi connectivity index (χ3n) is 12.3. The molecule has 0 radical (unpaired) electrons. The van der Waals surface area contributed by atoms with E-state index in [1.807, 2.05) is 73.4 Å². The molecule has 14 nitrogen and oxygen atoms in total. The predicted octanol–water partition coefficient (Wildman–Crippen LogP) is 7.74. The minimum atomic E-state index is -2.90. The van der Waals surface area contributed by atoms with Gasteiger partial charge in [0.15, 0.2) is 11.6 Å². The van der Waals surface area contributed by atoms with Crippen LogP contribution in [0.5, 0.6) is 11.5 Å². The molecule has 2 aliphatic rings. The second-order valence-corrected chi connectivity index (χ2v) is 16.3. The molecule has 4 N–H and O–H groups in total. The number of alkyl halides is 2. The van der Waals surface area contributed by atoms with E-state index in [0.29, 0.717) is 60.9 Å². The first kappa shape index (κ1) is 42.9. The first-order valence-electron chi connectivity index (χ1n) is 21.0. The zero-order valence-electron chi connectivity index (χ0n) is 35.3. The van der Waals surface area contributed by atoms with Crippen LogP contribution in [0.2, 0.25) is 0 Å². The lowest BCUT2D eigenvalue weighted by atomic mass is 9.83. The molecule has 8 rings (SSSR count). The van der Waals surface area contributed by atoms with Crippen molar-refractivity contribution in [1.82, 2.24) is 34.9 Å². The molecule has 62 heavy (non-hydrogen) atoms. The number of carboxylic acid groups (broad SMARTS) is 1. The SMILES string of the molecule is COc1cc(-n2ncc3c(-c4cccc(Nc5nc(C(F)F)nc6cc(CN(C)C7CCC(CC(=O)O)CC7)cnc56)c4C)cccc32)cc(OC)c1CN[C@@H]1CCOC[C@@H]1O. The number of hydrogen-bond acceptors (Lipinski definition) is 12. The van der Waals surface area contributed by atoms with Gasteiger partial charge in [-0.2, -0.15) is 5.10 Å². The Kier molecular flexibility index (Phi) is 12.9. The van der Waals surface area contributed by atoms with Crippen molar-refractivity contribution in [2.45, 2.75) is 83.2 Å². The number of carbonyl (C=O) groups is 1. The topological polar surface area (TPSA) is 169 Å². The summed E-state index contributed by atoms with van der Waals surface area (Å²) < 4.78 is 47.5. The fraction of sp³-hybridized carbons (Fsp3) is 0.413. The number of anilines is 2. The molecule has 2 atom stereocenters. The van der Waals surface area contributed by atoms with E-state index in [2.05, 4.69) is 25.5 Å². The Morgan fingerprint density at radius 3 is 2.45 bits per heavy atom. The number of aliphatic hydroxyl groups is 1. The van der Waals surface area contributed by atoms with E-state index in [9.17, 15) is 23.8 Å². The van der Waals surface area contributed by atoms with E-state index >= 15 is 0 Å². The number of nitrogens with one attached hydrogen (secondary N) is 2. The zero-order valence-corrected chi connectivity index (χ0v) is 35.3. The highest BCUT2D eigenvalue weighted by Gasteiger charge is 2.27. The molecule has 4 heterocycles. The molecule has 0 spiro atoms. The van der Waals surface area contributed by atoms with Gasteiger partial charge in [0.05, 0.1) is 55.4 Å². The number of benzene rings is 3. The summed E-state index contributed by atoms with van der Waals surface area (Å²) >= 11 is 0. The van der Waals surface area contributed by atoms with Gasteiger partial charge in [-0.1, -0.05) is 24.3 Å². The molecule has 1 saturated carbocycles. The molecule has 0 unspecified atom stereocenters. The third kappa shape index (κ3) is 9.05. The maximum Gasteiger partial charge on any atom is 0.303 e. The number of aromatic nitrogens is 5. The standard InChI is InChI=1S/C46H52F2N8O6/c1-26-31(32-8-6-10-38-33(32)23-51-56(38)30-19-40(60-3)34(41(20-30)61-4)22-49-36-15-16-62-25-39(36)57)7-5-9-35(26)52-45-43-37(53-46(54-45)44(47)48)17-28(21-50-43)24-55(2)29-13-11-27(12-14-29)18-42(58)59/h5-10,17,19-21,23,27,29,36,39,44,49,57H,11-16,18,22,24-25H2,1-4H3,(H,58,59)(H,52,53,54)/t27?,29?,36-,39+/m1/s1. The molecule has 1 saturated heterocycles. The molecule has 1 aliphatic carbocycles. The highest BCUT2D eigenvalue weighted by molar-refractivity contribution is 5.97. The lowest BCUT2D eigenvalue weighted by molar-refractivity contribution is -0.138. The summed E-state index contributed by atoms with van der Waals surface area (Å²) in [6.07, 6.45) is 4.48. The van der Waals surface area contributed by atoms with Crippen molar-refractivity contribution in [2.75, 3.05) is 39.8 Å². The Morgan fingerprint density at radius 1 is 1.00 bits per heavy atom. The smallest absolute Gasteiger partial charge is 0.303 e. The second-order valence-electron chi connectivity index (χ2n) is 16.3. The van der Waals surface area contributed by atoms with Crippen molar-refractivity contribution in [1.29, 1.82) is 0 Å². The minimum Gasteiger partial charge on any atom is -0.496 e. The van der Waals surface area contributed by atoms with E-state index in [4.69, 9.17) is 24.3 Å². The number of methoxy groups -OCH3 is 2. The summed E-state index contributed by atoms with van der Waals surface area (Å²) in [6.45, 7) is 3.81. The summed E-state index contributed by atoms with van der Waals surface area (Å²) in [4.78, 5) is 26.6. The van der Waals surface area contributed by atoms with Gasteiger partial charge in [0.1, 0.15) is 17.0 Å². The average molecular weight is 851 g/mol. The number of carboxylic acids is 1. The van der Waals surface area contributed by atoms with Gasteiger partial charge >= 0.3 is 5.97 Å². The van der Waals surface area contributed by atoms with Gasteiger partial charge in [0.2, 0.25) is 0 Å². The van der Waals surface area contributed by atoms with Crippen LogP contribution < -0.4 is 20.1 Å². The number of aliphatic carboxylic acids is 1. The fourth-order valence-corrected chi connectivity index (χ4v) is 8.95. The molecule has 6 aromatic rings. The van der Waals surface area contributed by atoms with Crippen molar-refractivity contribution in [2.24, 2.45) is 5.92 Å². The number of pyridine rings is 1. The van der Waals surface area contributed by atoms with E-state index in [-0.39, 0.29) is 30.2 Å². The van der Waals surface area contributed by atoms with Gasteiger partial charge in [0, 0.05) is 67.6 Å². The number of aliphatic hydroxyl groups excluding tert-OH is 1.